The molecule has 0 spiro atoms. The molecule has 0 aliphatic carbocycles. The van der Waals surface area contributed by atoms with Gasteiger partial charge in [0.15, 0.2) is 0 Å². The molecule has 5 heteroatoms. The summed E-state index contributed by atoms with van der Waals surface area (Å²) in [6.07, 6.45) is 0. The average Bonchev–Trinajstić information content (AvgIpc) is 2.80. The minimum Gasteiger partial charge on any atom is -0.364 e. The van der Waals surface area contributed by atoms with Crippen molar-refractivity contribution in [1.82, 2.24) is 14.7 Å². The number of carbonyl (C=O) groups excluding carboxylic acids is 2. The Kier molecular flexibility index (Phi) is 4.22. The lowest BCUT2D eigenvalue weighted by Crippen LogP contribution is -2.47. The lowest BCUT2D eigenvalue weighted by Gasteiger charge is -2.35. The molecule has 0 radical (unpaired) electrons. The summed E-state index contributed by atoms with van der Waals surface area (Å²) in [4.78, 5) is 30.9. The molecule has 1 aromatic rings. The molecule has 23 heavy (non-hydrogen) atoms. The van der Waals surface area contributed by atoms with E-state index in [1.54, 1.807) is 7.05 Å². The fourth-order valence-electron chi connectivity index (χ4n) is 3.19. The monoisotopic (exact) mass is 313 g/mol. The molecule has 2 amide bonds. The lowest BCUT2D eigenvalue weighted by atomic mass is 10.0. The van der Waals surface area contributed by atoms with Crippen molar-refractivity contribution in [2.45, 2.75) is 13.8 Å². The predicted octanol–water partition coefficient (Wildman–Crippen LogP) is 1.34. The highest BCUT2D eigenvalue weighted by atomic mass is 16.2. The molecule has 0 unspecified atom stereocenters. The smallest absolute Gasteiger partial charge is 0.277 e. The number of benzene rings is 1. The van der Waals surface area contributed by atoms with E-state index in [0.717, 1.165) is 43.9 Å². The van der Waals surface area contributed by atoms with Gasteiger partial charge in [-0.1, -0.05) is 36.8 Å². The SMILES string of the molecule is CCN1CCN(C2=C(c3ccc(C)cc3)C(=O)N(C)C2=O)CC1. The van der Waals surface area contributed by atoms with E-state index in [0.29, 0.717) is 11.3 Å². The third-order valence-electron chi connectivity index (χ3n) is 4.74. The second kappa shape index (κ2) is 6.16. The van der Waals surface area contributed by atoms with Crippen molar-refractivity contribution in [2.24, 2.45) is 0 Å². The second-order valence-electron chi connectivity index (χ2n) is 6.18. The maximum atomic E-state index is 12.6. The summed E-state index contributed by atoms with van der Waals surface area (Å²) in [5.41, 5.74) is 3.07. The molecule has 5 nitrogen and oxygen atoms in total. The third-order valence-corrected chi connectivity index (χ3v) is 4.74. The fourth-order valence-corrected chi connectivity index (χ4v) is 3.19. The van der Waals surface area contributed by atoms with Crippen LogP contribution < -0.4 is 0 Å². The lowest BCUT2D eigenvalue weighted by molar-refractivity contribution is -0.136. The summed E-state index contributed by atoms with van der Waals surface area (Å²) in [6, 6.07) is 7.81. The van der Waals surface area contributed by atoms with Crippen LogP contribution in [0.4, 0.5) is 0 Å². The van der Waals surface area contributed by atoms with Gasteiger partial charge in [-0.3, -0.25) is 14.5 Å². The zero-order valence-electron chi connectivity index (χ0n) is 14.0. The summed E-state index contributed by atoms with van der Waals surface area (Å²) in [5, 5.41) is 0. The van der Waals surface area contributed by atoms with Gasteiger partial charge < -0.3 is 9.80 Å². The van der Waals surface area contributed by atoms with Crippen LogP contribution in [0, 0.1) is 6.92 Å². The van der Waals surface area contributed by atoms with Gasteiger partial charge in [0.25, 0.3) is 11.8 Å². The molecule has 0 saturated carbocycles. The van der Waals surface area contributed by atoms with Crippen molar-refractivity contribution in [1.29, 1.82) is 0 Å². The van der Waals surface area contributed by atoms with Gasteiger partial charge in [0.05, 0.1) is 5.57 Å². The zero-order chi connectivity index (χ0) is 16.6. The van der Waals surface area contributed by atoms with Gasteiger partial charge in [-0.2, -0.15) is 0 Å². The van der Waals surface area contributed by atoms with Gasteiger partial charge in [-0.25, -0.2) is 0 Å². The van der Waals surface area contributed by atoms with Gasteiger partial charge in [-0.05, 0) is 19.0 Å². The molecular formula is C18H23N3O2. The Labute approximate surface area is 137 Å². The Morgan fingerprint density at radius 2 is 1.57 bits per heavy atom. The van der Waals surface area contributed by atoms with Crippen molar-refractivity contribution < 1.29 is 9.59 Å². The van der Waals surface area contributed by atoms with Gasteiger partial charge in [-0.15, -0.1) is 0 Å². The van der Waals surface area contributed by atoms with Crippen molar-refractivity contribution >= 4 is 17.4 Å². The molecule has 1 fully saturated rings. The highest BCUT2D eigenvalue weighted by Crippen LogP contribution is 2.31. The summed E-state index contributed by atoms with van der Waals surface area (Å²) in [5.74, 6) is -0.387. The van der Waals surface area contributed by atoms with E-state index in [1.807, 2.05) is 31.2 Å². The number of hydrogen-bond donors (Lipinski definition) is 0. The van der Waals surface area contributed by atoms with E-state index in [9.17, 15) is 9.59 Å². The van der Waals surface area contributed by atoms with E-state index < -0.39 is 0 Å². The minimum absolute atomic E-state index is 0.185. The van der Waals surface area contributed by atoms with Gasteiger partial charge in [0.2, 0.25) is 0 Å². The molecule has 122 valence electrons. The number of hydrogen-bond acceptors (Lipinski definition) is 4. The minimum atomic E-state index is -0.202. The van der Waals surface area contributed by atoms with Crippen molar-refractivity contribution in [3.8, 4) is 0 Å². The summed E-state index contributed by atoms with van der Waals surface area (Å²) in [6.45, 7) is 8.58. The van der Waals surface area contributed by atoms with Gasteiger partial charge in [0, 0.05) is 33.2 Å². The molecule has 1 aromatic carbocycles. The first-order valence-electron chi connectivity index (χ1n) is 8.14. The maximum absolute atomic E-state index is 12.6. The van der Waals surface area contributed by atoms with Crippen LogP contribution in [0.25, 0.3) is 5.57 Å². The van der Waals surface area contributed by atoms with Crippen LogP contribution in [0.2, 0.25) is 0 Å². The molecule has 0 aromatic heterocycles. The number of amides is 2. The second-order valence-corrected chi connectivity index (χ2v) is 6.18. The highest BCUT2D eigenvalue weighted by molar-refractivity contribution is 6.35. The van der Waals surface area contributed by atoms with Crippen molar-refractivity contribution in [2.75, 3.05) is 39.8 Å². The molecule has 1 saturated heterocycles. The maximum Gasteiger partial charge on any atom is 0.277 e. The number of piperazine rings is 1. The van der Waals surface area contributed by atoms with Crippen LogP contribution in [0.1, 0.15) is 18.1 Å². The number of rotatable bonds is 3. The first kappa shape index (κ1) is 15.7. The largest absolute Gasteiger partial charge is 0.364 e. The van der Waals surface area contributed by atoms with Crippen LogP contribution in [-0.2, 0) is 9.59 Å². The molecule has 0 atom stereocenters. The quantitative estimate of drug-likeness (QED) is 0.790. The number of imide groups is 1. The molecular weight excluding hydrogens is 290 g/mol. The first-order chi connectivity index (χ1) is 11.0. The third kappa shape index (κ3) is 2.77. The van der Waals surface area contributed by atoms with E-state index in [4.69, 9.17) is 0 Å². The fraction of sp³-hybridized carbons (Fsp3) is 0.444. The Morgan fingerprint density at radius 1 is 0.957 bits per heavy atom. The van der Waals surface area contributed by atoms with Crippen LogP contribution in [0.5, 0.6) is 0 Å². The van der Waals surface area contributed by atoms with Crippen LogP contribution in [0.3, 0.4) is 0 Å². The average molecular weight is 313 g/mol. The van der Waals surface area contributed by atoms with Gasteiger partial charge >= 0.3 is 0 Å². The normalized spacial score (nSPS) is 20.0. The Balaban J connectivity index is 1.99. The summed E-state index contributed by atoms with van der Waals surface area (Å²) in [7, 11) is 1.56. The van der Waals surface area contributed by atoms with E-state index in [2.05, 4.69) is 16.7 Å². The number of carbonyl (C=O) groups is 2. The first-order valence-corrected chi connectivity index (χ1v) is 8.14. The van der Waals surface area contributed by atoms with Crippen molar-refractivity contribution in [3.63, 3.8) is 0 Å². The summed E-state index contributed by atoms with van der Waals surface area (Å²) >= 11 is 0. The molecule has 2 aliphatic rings. The molecule has 2 heterocycles. The molecule has 0 bridgehead atoms. The Hall–Kier alpha value is -2.14. The number of likely N-dealkylation sites (N-methyl/N-ethyl adjacent to an activating group) is 2. The Bertz CT molecular complexity index is 655. The topological polar surface area (TPSA) is 43.9 Å². The number of aryl methyl sites for hydroxylation is 1. The predicted molar refractivity (Wildman–Crippen MR) is 89.6 cm³/mol. The molecule has 3 rings (SSSR count). The zero-order valence-corrected chi connectivity index (χ0v) is 14.0. The van der Waals surface area contributed by atoms with Crippen LogP contribution >= 0.6 is 0 Å². The van der Waals surface area contributed by atoms with Crippen molar-refractivity contribution in [3.05, 3.63) is 41.1 Å². The van der Waals surface area contributed by atoms with Crippen LogP contribution in [0.15, 0.2) is 30.0 Å². The molecule has 0 N–H and O–H groups in total. The molecule has 2 aliphatic heterocycles. The summed E-state index contributed by atoms with van der Waals surface area (Å²) < 4.78 is 0. The Morgan fingerprint density at radius 3 is 2.13 bits per heavy atom. The van der Waals surface area contributed by atoms with E-state index >= 15 is 0 Å². The van der Waals surface area contributed by atoms with E-state index in [1.165, 1.54) is 4.90 Å². The van der Waals surface area contributed by atoms with Gasteiger partial charge in [0.1, 0.15) is 5.70 Å². The highest BCUT2D eigenvalue weighted by Gasteiger charge is 2.39. The van der Waals surface area contributed by atoms with E-state index in [-0.39, 0.29) is 11.8 Å². The van der Waals surface area contributed by atoms with Crippen LogP contribution in [-0.4, -0.2) is 66.3 Å². The standard InChI is InChI=1S/C18H23N3O2/c1-4-20-9-11-21(12-10-20)16-15(17(22)19(3)18(16)23)14-7-5-13(2)6-8-14/h5-8H,4,9-12H2,1-3H3. The number of nitrogens with zero attached hydrogens (tertiary/aromatic N) is 3.